The summed E-state index contributed by atoms with van der Waals surface area (Å²) in [5.41, 5.74) is 13.0. The molecule has 0 saturated heterocycles. The Morgan fingerprint density at radius 2 is 1.06 bits per heavy atom. The summed E-state index contributed by atoms with van der Waals surface area (Å²) in [6.45, 7) is 0. The minimum atomic E-state index is -0.0989. The Morgan fingerprint density at radius 1 is 0.548 bits per heavy atom. The zero-order valence-corrected chi connectivity index (χ0v) is 17.3. The fraction of sp³-hybridized carbons (Fsp3) is 0.0968. The second-order valence-electron chi connectivity index (χ2n) is 8.92. The summed E-state index contributed by atoms with van der Waals surface area (Å²) in [7, 11) is 0. The summed E-state index contributed by atoms with van der Waals surface area (Å²) in [5, 5.41) is 0. The molecule has 4 aromatic rings. The highest BCUT2D eigenvalue weighted by Gasteiger charge is 2.54. The van der Waals surface area contributed by atoms with E-state index in [1.54, 1.807) is 0 Å². The molecule has 1 spiro atoms. The van der Waals surface area contributed by atoms with E-state index in [0.717, 1.165) is 6.42 Å². The van der Waals surface area contributed by atoms with Crippen molar-refractivity contribution in [2.75, 3.05) is 0 Å². The first kappa shape index (κ1) is 17.1. The molecule has 2 bridgehead atoms. The predicted molar refractivity (Wildman–Crippen MR) is 128 cm³/mol. The monoisotopic (exact) mass is 394 g/mol. The standard InChI is InChI=1S/C31H22/c1-3-11-21(12-4-1)23-19-28-29(22-13-5-2-6-14-22)30-24-15-7-9-17-26(24)31(28,20-23)27-18-10-8-16-25(27)30/h1-19,30H,20H2. The van der Waals surface area contributed by atoms with Crippen molar-refractivity contribution in [2.45, 2.75) is 17.8 Å². The van der Waals surface area contributed by atoms with E-state index in [1.807, 2.05) is 0 Å². The molecule has 0 aliphatic heterocycles. The van der Waals surface area contributed by atoms with Gasteiger partial charge in [0.05, 0.1) is 5.41 Å². The minimum absolute atomic E-state index is 0.0989. The molecule has 4 aromatic carbocycles. The van der Waals surface area contributed by atoms with Gasteiger partial charge in [0.2, 0.25) is 0 Å². The molecule has 4 aliphatic rings. The average Bonchev–Trinajstić information content (AvgIpc) is 3.27. The number of allylic oxidation sites excluding steroid dienone is 4. The summed E-state index contributed by atoms with van der Waals surface area (Å²) in [5.74, 6) is 0.290. The maximum atomic E-state index is 2.51. The van der Waals surface area contributed by atoms with Crippen LogP contribution < -0.4 is 0 Å². The van der Waals surface area contributed by atoms with Gasteiger partial charge in [0.25, 0.3) is 0 Å². The maximum Gasteiger partial charge on any atom is 0.0501 e. The van der Waals surface area contributed by atoms with Crippen LogP contribution in [0, 0.1) is 0 Å². The van der Waals surface area contributed by atoms with Gasteiger partial charge in [-0.15, -0.1) is 0 Å². The first-order valence-electron chi connectivity index (χ1n) is 11.1. The molecule has 0 heterocycles. The van der Waals surface area contributed by atoms with Gasteiger partial charge in [-0.2, -0.15) is 0 Å². The molecule has 31 heavy (non-hydrogen) atoms. The van der Waals surface area contributed by atoms with Crippen molar-refractivity contribution in [2.24, 2.45) is 0 Å². The SMILES string of the molecule is C1=C(c2ccccc2)CC23C1=C(c1ccccc1)C(c1ccccc12)c1ccccc13. The second-order valence-corrected chi connectivity index (χ2v) is 8.92. The van der Waals surface area contributed by atoms with Gasteiger partial charge in [0.1, 0.15) is 0 Å². The zero-order valence-electron chi connectivity index (χ0n) is 17.3. The van der Waals surface area contributed by atoms with Crippen LogP contribution in [0.15, 0.2) is 121 Å². The Bertz CT molecular complexity index is 1340. The van der Waals surface area contributed by atoms with E-state index in [1.165, 1.54) is 50.1 Å². The topological polar surface area (TPSA) is 0 Å². The molecule has 0 fully saturated rings. The summed E-state index contributed by atoms with van der Waals surface area (Å²) >= 11 is 0. The van der Waals surface area contributed by atoms with Crippen LogP contribution in [-0.4, -0.2) is 0 Å². The fourth-order valence-electron chi connectivity index (χ4n) is 6.35. The van der Waals surface area contributed by atoms with E-state index >= 15 is 0 Å². The summed E-state index contributed by atoms with van der Waals surface area (Å²) in [6, 6.07) is 40.3. The van der Waals surface area contributed by atoms with Crippen LogP contribution in [0.3, 0.4) is 0 Å². The highest BCUT2D eigenvalue weighted by Crippen LogP contribution is 2.66. The van der Waals surface area contributed by atoms with Crippen LogP contribution >= 0.6 is 0 Å². The van der Waals surface area contributed by atoms with Gasteiger partial charge in [-0.25, -0.2) is 0 Å². The lowest BCUT2D eigenvalue weighted by atomic mass is 9.52. The molecule has 0 aromatic heterocycles. The van der Waals surface area contributed by atoms with Crippen LogP contribution in [0.5, 0.6) is 0 Å². The molecule has 0 unspecified atom stereocenters. The van der Waals surface area contributed by atoms with Gasteiger partial charge in [0.15, 0.2) is 0 Å². The molecule has 8 rings (SSSR count). The van der Waals surface area contributed by atoms with Crippen molar-refractivity contribution >= 4 is 11.1 Å². The third kappa shape index (κ3) is 2.15. The van der Waals surface area contributed by atoms with Crippen LogP contribution in [-0.2, 0) is 5.41 Å². The Morgan fingerprint density at radius 3 is 1.68 bits per heavy atom. The molecular formula is C31H22. The molecule has 0 atom stereocenters. The van der Waals surface area contributed by atoms with Gasteiger partial charge >= 0.3 is 0 Å². The lowest BCUT2D eigenvalue weighted by Crippen LogP contribution is -2.40. The van der Waals surface area contributed by atoms with Gasteiger partial charge in [-0.05, 0) is 56.5 Å². The number of benzene rings is 4. The first-order valence-corrected chi connectivity index (χ1v) is 11.1. The Hall–Kier alpha value is -3.64. The zero-order chi connectivity index (χ0) is 20.4. The summed E-state index contributed by atoms with van der Waals surface area (Å²) < 4.78 is 0. The molecule has 0 nitrogen and oxygen atoms in total. The van der Waals surface area contributed by atoms with Crippen molar-refractivity contribution in [3.05, 3.63) is 154 Å². The van der Waals surface area contributed by atoms with E-state index < -0.39 is 0 Å². The van der Waals surface area contributed by atoms with Crippen LogP contribution in [0.1, 0.15) is 45.7 Å². The lowest BCUT2D eigenvalue weighted by Gasteiger charge is -2.49. The smallest absolute Gasteiger partial charge is 0.0501 e. The van der Waals surface area contributed by atoms with E-state index in [9.17, 15) is 0 Å². The lowest BCUT2D eigenvalue weighted by molar-refractivity contribution is 0.593. The van der Waals surface area contributed by atoms with Crippen molar-refractivity contribution in [1.29, 1.82) is 0 Å². The van der Waals surface area contributed by atoms with Crippen molar-refractivity contribution in [3.8, 4) is 0 Å². The Kier molecular flexibility index (Phi) is 3.41. The van der Waals surface area contributed by atoms with Gasteiger partial charge in [-0.3, -0.25) is 0 Å². The third-order valence-electron chi connectivity index (χ3n) is 7.51. The maximum absolute atomic E-state index is 2.51. The van der Waals surface area contributed by atoms with Crippen molar-refractivity contribution < 1.29 is 0 Å². The Labute approximate surface area is 183 Å². The van der Waals surface area contributed by atoms with Gasteiger partial charge in [0, 0.05) is 5.92 Å². The average molecular weight is 395 g/mol. The van der Waals surface area contributed by atoms with Crippen molar-refractivity contribution in [3.63, 3.8) is 0 Å². The van der Waals surface area contributed by atoms with E-state index in [4.69, 9.17) is 0 Å². The number of hydrogen-bond donors (Lipinski definition) is 0. The van der Waals surface area contributed by atoms with Crippen LogP contribution in [0.25, 0.3) is 11.1 Å². The fourth-order valence-corrected chi connectivity index (χ4v) is 6.35. The van der Waals surface area contributed by atoms with Crippen LogP contribution in [0.2, 0.25) is 0 Å². The third-order valence-corrected chi connectivity index (χ3v) is 7.51. The second kappa shape index (κ2) is 6.18. The number of hydrogen-bond acceptors (Lipinski definition) is 0. The molecule has 0 heteroatoms. The van der Waals surface area contributed by atoms with E-state index in [2.05, 4.69) is 115 Å². The normalized spacial score (nSPS) is 22.6. The molecular weight excluding hydrogens is 372 g/mol. The summed E-state index contributed by atoms with van der Waals surface area (Å²) in [6.07, 6.45) is 3.53. The highest BCUT2D eigenvalue weighted by molar-refractivity contribution is 5.95. The minimum Gasteiger partial charge on any atom is -0.0622 e. The summed E-state index contributed by atoms with van der Waals surface area (Å²) in [4.78, 5) is 0. The predicted octanol–water partition coefficient (Wildman–Crippen LogP) is 7.37. The molecule has 0 amide bonds. The van der Waals surface area contributed by atoms with E-state index in [0.29, 0.717) is 0 Å². The number of rotatable bonds is 2. The van der Waals surface area contributed by atoms with Crippen LogP contribution in [0.4, 0.5) is 0 Å². The Balaban J connectivity index is 1.61. The van der Waals surface area contributed by atoms with E-state index in [-0.39, 0.29) is 11.3 Å². The van der Waals surface area contributed by atoms with Gasteiger partial charge < -0.3 is 0 Å². The molecule has 0 saturated carbocycles. The quantitative estimate of drug-likeness (QED) is 0.333. The molecule has 4 aliphatic carbocycles. The van der Waals surface area contributed by atoms with Gasteiger partial charge in [-0.1, -0.05) is 115 Å². The largest absolute Gasteiger partial charge is 0.0622 e. The first-order chi connectivity index (χ1) is 15.4. The molecule has 146 valence electrons. The van der Waals surface area contributed by atoms with Crippen molar-refractivity contribution in [1.82, 2.24) is 0 Å². The molecule has 0 radical (unpaired) electrons. The molecule has 0 N–H and O–H groups in total. The highest BCUT2D eigenvalue weighted by atomic mass is 14.6.